The Bertz CT molecular complexity index is 582. The summed E-state index contributed by atoms with van der Waals surface area (Å²) < 4.78 is 0.966. The van der Waals surface area contributed by atoms with E-state index in [0.29, 0.717) is 11.4 Å². The third kappa shape index (κ3) is 3.23. The molecule has 106 valence electrons. The number of rotatable bonds is 5. The molecule has 0 fully saturated rings. The first-order valence-electron chi connectivity index (χ1n) is 6.32. The molecule has 0 amide bonds. The first-order chi connectivity index (χ1) is 9.61. The average Bonchev–Trinajstić information content (AvgIpc) is 2.47. The van der Waals surface area contributed by atoms with Gasteiger partial charge in [-0.2, -0.15) is 0 Å². The molecule has 4 heteroatoms. The van der Waals surface area contributed by atoms with Crippen molar-refractivity contribution >= 4 is 27.5 Å². The first-order valence-corrected chi connectivity index (χ1v) is 7.49. The molecule has 20 heavy (non-hydrogen) atoms. The Morgan fingerprint density at radius 2 is 1.70 bits per heavy atom. The molecule has 2 N–H and O–H groups in total. The molecular formula is C16H16BrClO2. The summed E-state index contributed by atoms with van der Waals surface area (Å²) in [6, 6.07) is 15.1. The van der Waals surface area contributed by atoms with Crippen molar-refractivity contribution in [2.45, 2.75) is 11.8 Å². The summed E-state index contributed by atoms with van der Waals surface area (Å²) in [6.45, 7) is -0.295. The predicted molar refractivity (Wildman–Crippen MR) is 85.1 cm³/mol. The predicted octanol–water partition coefficient (Wildman–Crippen LogP) is 3.57. The molecule has 2 aromatic carbocycles. The van der Waals surface area contributed by atoms with Crippen molar-refractivity contribution < 1.29 is 10.2 Å². The van der Waals surface area contributed by atoms with E-state index < -0.39 is 5.41 Å². The van der Waals surface area contributed by atoms with Crippen LogP contribution in [0.1, 0.15) is 11.1 Å². The number of aliphatic hydroxyl groups excluding tert-OH is 2. The summed E-state index contributed by atoms with van der Waals surface area (Å²) in [4.78, 5) is 0. The molecule has 2 nitrogen and oxygen atoms in total. The molecule has 0 heterocycles. The molecule has 0 aromatic heterocycles. The Morgan fingerprint density at radius 3 is 2.30 bits per heavy atom. The summed E-state index contributed by atoms with van der Waals surface area (Å²) in [7, 11) is 0. The van der Waals surface area contributed by atoms with Crippen LogP contribution in [0.3, 0.4) is 0 Å². The lowest BCUT2D eigenvalue weighted by molar-refractivity contribution is 0.116. The summed E-state index contributed by atoms with van der Waals surface area (Å²) >= 11 is 9.53. The highest BCUT2D eigenvalue weighted by molar-refractivity contribution is 9.10. The highest BCUT2D eigenvalue weighted by Gasteiger charge is 2.32. The van der Waals surface area contributed by atoms with Gasteiger partial charge in [-0.1, -0.05) is 57.9 Å². The molecule has 0 spiro atoms. The zero-order valence-corrected chi connectivity index (χ0v) is 13.2. The van der Waals surface area contributed by atoms with E-state index in [1.54, 1.807) is 12.1 Å². The van der Waals surface area contributed by atoms with Gasteiger partial charge < -0.3 is 10.2 Å². The van der Waals surface area contributed by atoms with Crippen LogP contribution in [0.15, 0.2) is 53.0 Å². The minimum absolute atomic E-state index is 0.148. The van der Waals surface area contributed by atoms with Gasteiger partial charge in [-0.25, -0.2) is 0 Å². The molecule has 0 saturated heterocycles. The monoisotopic (exact) mass is 354 g/mol. The minimum Gasteiger partial charge on any atom is -0.395 e. The molecule has 0 aliphatic rings. The van der Waals surface area contributed by atoms with Crippen LogP contribution in [0, 0.1) is 0 Å². The van der Waals surface area contributed by atoms with Crippen LogP contribution in [0.4, 0.5) is 0 Å². The van der Waals surface area contributed by atoms with Gasteiger partial charge in [0.05, 0.1) is 13.2 Å². The van der Waals surface area contributed by atoms with Crippen LogP contribution >= 0.6 is 27.5 Å². The van der Waals surface area contributed by atoms with Crippen molar-refractivity contribution in [1.82, 2.24) is 0 Å². The van der Waals surface area contributed by atoms with Crippen molar-refractivity contribution in [1.29, 1.82) is 0 Å². The molecule has 0 atom stereocenters. The lowest BCUT2D eigenvalue weighted by Crippen LogP contribution is -2.37. The van der Waals surface area contributed by atoms with E-state index in [1.165, 1.54) is 0 Å². The Balaban J connectivity index is 2.42. The van der Waals surface area contributed by atoms with E-state index >= 15 is 0 Å². The van der Waals surface area contributed by atoms with Gasteiger partial charge in [0.25, 0.3) is 0 Å². The van der Waals surface area contributed by atoms with E-state index in [-0.39, 0.29) is 13.2 Å². The summed E-state index contributed by atoms with van der Waals surface area (Å²) in [5.74, 6) is 0. The highest BCUT2D eigenvalue weighted by atomic mass is 79.9. The number of hydrogen-bond acceptors (Lipinski definition) is 2. The van der Waals surface area contributed by atoms with E-state index in [9.17, 15) is 10.2 Å². The first kappa shape index (κ1) is 15.5. The fraction of sp³-hybridized carbons (Fsp3) is 0.250. The van der Waals surface area contributed by atoms with Crippen LogP contribution in [0.2, 0.25) is 5.02 Å². The van der Waals surface area contributed by atoms with E-state index in [0.717, 1.165) is 15.6 Å². The van der Waals surface area contributed by atoms with Gasteiger partial charge in [0.1, 0.15) is 0 Å². The molecule has 0 saturated carbocycles. The largest absolute Gasteiger partial charge is 0.395 e. The lowest BCUT2D eigenvalue weighted by Gasteiger charge is -2.31. The Morgan fingerprint density at radius 1 is 1.00 bits per heavy atom. The summed E-state index contributed by atoms with van der Waals surface area (Å²) in [6.07, 6.45) is 0.530. The highest BCUT2D eigenvalue weighted by Crippen LogP contribution is 2.32. The van der Waals surface area contributed by atoms with Crippen molar-refractivity contribution in [3.8, 4) is 0 Å². The zero-order chi connectivity index (χ0) is 14.6. The van der Waals surface area contributed by atoms with Gasteiger partial charge in [-0.05, 0) is 35.7 Å². The molecular weight excluding hydrogens is 340 g/mol. The van der Waals surface area contributed by atoms with E-state index in [1.807, 2.05) is 36.4 Å². The van der Waals surface area contributed by atoms with Crippen LogP contribution in [0.25, 0.3) is 0 Å². The van der Waals surface area contributed by atoms with Crippen LogP contribution < -0.4 is 0 Å². The maximum atomic E-state index is 9.85. The van der Waals surface area contributed by atoms with Crippen LogP contribution in [-0.4, -0.2) is 23.4 Å². The van der Waals surface area contributed by atoms with Gasteiger partial charge in [0, 0.05) is 14.9 Å². The van der Waals surface area contributed by atoms with Crippen molar-refractivity contribution in [2.24, 2.45) is 0 Å². The average molecular weight is 356 g/mol. The molecule has 0 unspecified atom stereocenters. The molecule has 0 aliphatic carbocycles. The Hall–Kier alpha value is -0.870. The quantitative estimate of drug-likeness (QED) is 0.861. The second-order valence-electron chi connectivity index (χ2n) is 4.88. The second-order valence-corrected chi connectivity index (χ2v) is 6.17. The van der Waals surface area contributed by atoms with Crippen LogP contribution in [-0.2, 0) is 11.8 Å². The fourth-order valence-corrected chi connectivity index (χ4v) is 2.89. The van der Waals surface area contributed by atoms with Gasteiger partial charge in [-0.15, -0.1) is 0 Å². The maximum absolute atomic E-state index is 9.85. The number of aliphatic hydroxyl groups is 2. The smallest absolute Gasteiger partial charge is 0.0553 e. The van der Waals surface area contributed by atoms with Crippen molar-refractivity contribution in [3.05, 3.63) is 69.2 Å². The molecule has 0 radical (unpaired) electrons. The second kappa shape index (κ2) is 6.72. The van der Waals surface area contributed by atoms with E-state index in [4.69, 9.17) is 11.6 Å². The zero-order valence-electron chi connectivity index (χ0n) is 10.9. The normalized spacial score (nSPS) is 11.6. The number of hydrogen-bond donors (Lipinski definition) is 2. The topological polar surface area (TPSA) is 40.5 Å². The number of halogens is 2. The summed E-state index contributed by atoms with van der Waals surface area (Å²) in [5.41, 5.74) is 1.13. The van der Waals surface area contributed by atoms with Crippen molar-refractivity contribution in [3.63, 3.8) is 0 Å². The van der Waals surface area contributed by atoms with E-state index in [2.05, 4.69) is 15.9 Å². The molecule has 0 aliphatic heterocycles. The standard InChI is InChI=1S/C16H16BrClO2/c17-15-7-2-1-4-12(15)9-16(10-19,11-20)13-5-3-6-14(18)8-13/h1-8,19-20H,9-11H2. The minimum atomic E-state index is -0.741. The lowest BCUT2D eigenvalue weighted by atomic mass is 9.77. The van der Waals surface area contributed by atoms with Gasteiger partial charge in [0.2, 0.25) is 0 Å². The molecule has 2 rings (SSSR count). The maximum Gasteiger partial charge on any atom is 0.0553 e. The Kier molecular flexibility index (Phi) is 5.22. The molecule has 0 bridgehead atoms. The third-order valence-corrected chi connectivity index (χ3v) is 4.54. The van der Waals surface area contributed by atoms with Gasteiger partial charge in [0.15, 0.2) is 0 Å². The fourth-order valence-electron chi connectivity index (χ4n) is 2.27. The SMILES string of the molecule is OCC(CO)(Cc1ccccc1Br)c1cccc(Cl)c1. The number of benzene rings is 2. The Labute approximate surface area is 132 Å². The van der Waals surface area contributed by atoms with Gasteiger partial charge in [-0.3, -0.25) is 0 Å². The molecule has 2 aromatic rings. The van der Waals surface area contributed by atoms with Gasteiger partial charge >= 0.3 is 0 Å². The van der Waals surface area contributed by atoms with Crippen molar-refractivity contribution in [2.75, 3.05) is 13.2 Å². The summed E-state index contributed by atoms with van der Waals surface area (Å²) in [5, 5.41) is 20.3. The van der Waals surface area contributed by atoms with Crippen LogP contribution in [0.5, 0.6) is 0 Å². The third-order valence-electron chi connectivity index (χ3n) is 3.53.